The number of primary amides is 1. The van der Waals surface area contributed by atoms with Crippen molar-refractivity contribution in [2.75, 3.05) is 11.9 Å². The fourth-order valence-electron chi connectivity index (χ4n) is 2.90. The van der Waals surface area contributed by atoms with Crippen LogP contribution in [0.5, 0.6) is 0 Å². The van der Waals surface area contributed by atoms with Gasteiger partial charge in [0.1, 0.15) is 5.92 Å². The van der Waals surface area contributed by atoms with Gasteiger partial charge in [-0.15, -0.1) is 0 Å². The summed E-state index contributed by atoms with van der Waals surface area (Å²) in [5.41, 5.74) is 6.79. The summed E-state index contributed by atoms with van der Waals surface area (Å²) in [6, 6.07) is 6.72. The van der Waals surface area contributed by atoms with E-state index in [0.29, 0.717) is 35.3 Å². The third kappa shape index (κ3) is 2.88. The number of hydrogen-bond donors (Lipinski definition) is 3. The molecule has 0 bridgehead atoms. The van der Waals surface area contributed by atoms with Crippen LogP contribution >= 0.6 is 11.6 Å². The standard InChI is InChI=1S/C16H18ClN5O2/c1-9-13(15(18)24)14(10-5-2-3-6-11(10)17)22-16(19-9)20-12(21-22)7-4-8-23/h2-3,5-6,13-14,23H,1,4,7-8H2,(H2,18,24)(H,19,20,21)/t13-,14+/m1/s1. The van der Waals surface area contributed by atoms with Gasteiger partial charge in [-0.25, -0.2) is 4.68 Å². The number of aliphatic hydroxyl groups excluding tert-OH is 1. The Bertz CT molecular complexity index is 789. The average Bonchev–Trinajstić information content (AvgIpc) is 2.94. The number of aromatic nitrogens is 3. The number of aryl methyl sites for hydroxylation is 1. The minimum Gasteiger partial charge on any atom is -0.396 e. The van der Waals surface area contributed by atoms with Crippen LogP contribution in [0, 0.1) is 5.92 Å². The zero-order valence-electron chi connectivity index (χ0n) is 12.9. The van der Waals surface area contributed by atoms with Crippen molar-refractivity contribution in [2.45, 2.75) is 18.9 Å². The zero-order chi connectivity index (χ0) is 17.3. The van der Waals surface area contributed by atoms with Gasteiger partial charge in [-0.05, 0) is 18.1 Å². The maximum Gasteiger partial charge on any atom is 0.229 e. The number of aliphatic hydroxyl groups is 1. The molecular weight excluding hydrogens is 330 g/mol. The minimum atomic E-state index is -0.704. The molecule has 0 saturated heterocycles. The second-order valence-electron chi connectivity index (χ2n) is 5.62. The van der Waals surface area contributed by atoms with E-state index in [0.717, 1.165) is 5.56 Å². The Kier molecular flexibility index (Phi) is 4.55. The highest BCUT2D eigenvalue weighted by atomic mass is 35.5. The minimum absolute atomic E-state index is 0.0574. The lowest BCUT2D eigenvalue weighted by Crippen LogP contribution is -2.40. The maximum absolute atomic E-state index is 12.0. The van der Waals surface area contributed by atoms with E-state index >= 15 is 0 Å². The Balaban J connectivity index is 2.12. The summed E-state index contributed by atoms with van der Waals surface area (Å²) >= 11 is 6.34. The van der Waals surface area contributed by atoms with Gasteiger partial charge in [0.2, 0.25) is 11.9 Å². The van der Waals surface area contributed by atoms with E-state index < -0.39 is 17.9 Å². The van der Waals surface area contributed by atoms with E-state index in [2.05, 4.69) is 22.0 Å². The number of hydrogen-bond acceptors (Lipinski definition) is 5. The van der Waals surface area contributed by atoms with Crippen LogP contribution in [0.4, 0.5) is 5.95 Å². The van der Waals surface area contributed by atoms with Gasteiger partial charge in [0.25, 0.3) is 0 Å². The number of carbonyl (C=O) groups is 1. The quantitative estimate of drug-likeness (QED) is 0.759. The smallest absolute Gasteiger partial charge is 0.229 e. The highest BCUT2D eigenvalue weighted by Crippen LogP contribution is 2.39. The maximum atomic E-state index is 12.0. The van der Waals surface area contributed by atoms with Crippen molar-refractivity contribution in [3.8, 4) is 0 Å². The molecule has 0 radical (unpaired) electrons. The van der Waals surface area contributed by atoms with Crippen molar-refractivity contribution in [2.24, 2.45) is 11.7 Å². The summed E-state index contributed by atoms with van der Waals surface area (Å²) < 4.78 is 1.62. The number of halogens is 1. The van der Waals surface area contributed by atoms with Gasteiger partial charge in [0.05, 0.1) is 6.04 Å². The molecule has 8 heteroatoms. The van der Waals surface area contributed by atoms with E-state index in [1.807, 2.05) is 18.2 Å². The molecule has 7 nitrogen and oxygen atoms in total. The molecule has 0 spiro atoms. The van der Waals surface area contributed by atoms with Crippen LogP contribution < -0.4 is 11.1 Å². The first-order valence-electron chi connectivity index (χ1n) is 7.58. The molecule has 0 aliphatic carbocycles. The fraction of sp³-hybridized carbons (Fsp3) is 0.312. The number of anilines is 1. The normalized spacial score (nSPS) is 19.7. The summed E-state index contributed by atoms with van der Waals surface area (Å²) in [4.78, 5) is 16.4. The van der Waals surface area contributed by atoms with Gasteiger partial charge >= 0.3 is 0 Å². The fourth-order valence-corrected chi connectivity index (χ4v) is 3.14. The van der Waals surface area contributed by atoms with Crippen LogP contribution in [-0.2, 0) is 11.2 Å². The van der Waals surface area contributed by atoms with Crippen LogP contribution in [0.3, 0.4) is 0 Å². The third-order valence-corrected chi connectivity index (χ3v) is 4.34. The van der Waals surface area contributed by atoms with Crippen LogP contribution in [0.15, 0.2) is 36.5 Å². The summed E-state index contributed by atoms with van der Waals surface area (Å²) in [7, 11) is 0. The van der Waals surface area contributed by atoms with Crippen LogP contribution in [-0.4, -0.2) is 32.4 Å². The van der Waals surface area contributed by atoms with Crippen LogP contribution in [0.1, 0.15) is 23.9 Å². The van der Waals surface area contributed by atoms with Crippen LogP contribution in [0.2, 0.25) is 5.02 Å². The van der Waals surface area contributed by atoms with Crippen LogP contribution in [0.25, 0.3) is 0 Å². The predicted molar refractivity (Wildman–Crippen MR) is 90.5 cm³/mol. The summed E-state index contributed by atoms with van der Waals surface area (Å²) in [5, 5.41) is 17.0. The topological polar surface area (TPSA) is 106 Å². The van der Waals surface area contributed by atoms with Gasteiger partial charge in [-0.3, -0.25) is 4.79 Å². The molecule has 24 heavy (non-hydrogen) atoms. The molecule has 1 aliphatic heterocycles. The Morgan fingerprint density at radius 3 is 2.88 bits per heavy atom. The van der Waals surface area contributed by atoms with Gasteiger partial charge in [-0.1, -0.05) is 36.4 Å². The van der Waals surface area contributed by atoms with Crippen molar-refractivity contribution < 1.29 is 9.90 Å². The number of amides is 1. The van der Waals surface area contributed by atoms with Gasteiger partial charge in [-0.2, -0.15) is 10.1 Å². The second-order valence-corrected chi connectivity index (χ2v) is 6.03. The lowest BCUT2D eigenvalue weighted by Gasteiger charge is -2.33. The first kappa shape index (κ1) is 16.5. The number of nitrogens with zero attached hydrogens (tertiary/aromatic N) is 3. The lowest BCUT2D eigenvalue weighted by atomic mass is 9.89. The molecule has 2 aromatic rings. The molecule has 3 rings (SSSR count). The molecule has 1 amide bonds. The van der Waals surface area contributed by atoms with Gasteiger partial charge in [0.15, 0.2) is 5.82 Å². The van der Waals surface area contributed by atoms with Crippen molar-refractivity contribution in [1.29, 1.82) is 0 Å². The highest BCUT2D eigenvalue weighted by molar-refractivity contribution is 6.31. The lowest BCUT2D eigenvalue weighted by molar-refractivity contribution is -0.121. The predicted octanol–water partition coefficient (Wildman–Crippen LogP) is 1.49. The molecule has 0 saturated carbocycles. The van der Waals surface area contributed by atoms with Gasteiger partial charge in [0, 0.05) is 23.7 Å². The largest absolute Gasteiger partial charge is 0.396 e. The van der Waals surface area contributed by atoms with Crippen molar-refractivity contribution in [3.05, 3.63) is 53.0 Å². The monoisotopic (exact) mass is 347 g/mol. The number of nitrogens with one attached hydrogen (secondary N) is 1. The summed E-state index contributed by atoms with van der Waals surface area (Å²) in [5.74, 6) is -0.169. The molecule has 126 valence electrons. The van der Waals surface area contributed by atoms with Crippen molar-refractivity contribution in [1.82, 2.24) is 14.8 Å². The highest BCUT2D eigenvalue weighted by Gasteiger charge is 2.39. The molecule has 1 aromatic heterocycles. The average molecular weight is 348 g/mol. The Morgan fingerprint density at radius 2 is 2.21 bits per heavy atom. The van der Waals surface area contributed by atoms with Gasteiger partial charge < -0.3 is 16.2 Å². The molecule has 2 heterocycles. The molecule has 1 aliphatic rings. The van der Waals surface area contributed by atoms with E-state index in [9.17, 15) is 4.79 Å². The molecule has 4 N–H and O–H groups in total. The molecule has 0 unspecified atom stereocenters. The zero-order valence-corrected chi connectivity index (χ0v) is 13.7. The number of rotatable bonds is 5. The molecule has 0 fully saturated rings. The number of carbonyl (C=O) groups excluding carboxylic acids is 1. The number of fused-ring (bicyclic) bond motifs is 1. The Morgan fingerprint density at radius 1 is 1.46 bits per heavy atom. The first-order chi connectivity index (χ1) is 11.5. The van der Waals surface area contributed by atoms with Crippen molar-refractivity contribution in [3.63, 3.8) is 0 Å². The van der Waals surface area contributed by atoms with Crippen molar-refractivity contribution >= 4 is 23.5 Å². The number of benzene rings is 1. The molecule has 2 atom stereocenters. The van der Waals surface area contributed by atoms with E-state index in [4.69, 9.17) is 22.4 Å². The SMILES string of the molecule is C=C1Nc2nc(CCCO)nn2[C@@H](c2ccccc2Cl)[C@@H]1C(N)=O. The second kappa shape index (κ2) is 6.62. The first-order valence-corrected chi connectivity index (χ1v) is 7.96. The Hall–Kier alpha value is -2.38. The number of nitrogens with two attached hydrogens (primary N) is 1. The van der Waals surface area contributed by atoms with E-state index in [1.165, 1.54) is 0 Å². The molecular formula is C16H18ClN5O2. The third-order valence-electron chi connectivity index (χ3n) is 3.99. The van der Waals surface area contributed by atoms with E-state index in [-0.39, 0.29) is 6.61 Å². The summed E-state index contributed by atoms with van der Waals surface area (Å²) in [6.07, 6.45) is 1.08. The summed E-state index contributed by atoms with van der Waals surface area (Å²) in [6.45, 7) is 3.97. The van der Waals surface area contributed by atoms with E-state index in [1.54, 1.807) is 10.7 Å². The molecule has 1 aromatic carbocycles. The Labute approximate surface area is 144 Å².